The normalized spacial score (nSPS) is 17.9. The molecule has 2 rings (SSSR count). The third kappa shape index (κ3) is 2.95. The maximum absolute atomic E-state index is 12.0. The van der Waals surface area contributed by atoms with Crippen LogP contribution in [0.5, 0.6) is 0 Å². The molecule has 102 valence electrons. The molecule has 0 saturated carbocycles. The van der Waals surface area contributed by atoms with E-state index in [1.807, 2.05) is 18.2 Å². The molecule has 1 aliphatic carbocycles. The van der Waals surface area contributed by atoms with Gasteiger partial charge in [-0.1, -0.05) is 24.3 Å². The number of carbonyl (C=O) groups excluding carboxylic acids is 1. The van der Waals surface area contributed by atoms with Gasteiger partial charge in [0, 0.05) is 6.42 Å². The number of nitrogens with one attached hydrogen (secondary N) is 1. The zero-order chi connectivity index (χ0) is 14.0. The van der Waals surface area contributed by atoms with Crippen molar-refractivity contribution in [3.8, 4) is 0 Å². The van der Waals surface area contributed by atoms with Crippen molar-refractivity contribution < 1.29 is 14.7 Å². The first-order chi connectivity index (χ1) is 8.90. The Balaban J connectivity index is 2.00. The lowest BCUT2D eigenvalue weighted by molar-refractivity contribution is -0.149. The van der Waals surface area contributed by atoms with Crippen LogP contribution in [0.4, 0.5) is 0 Å². The highest BCUT2D eigenvalue weighted by molar-refractivity contribution is 5.84. The van der Waals surface area contributed by atoms with Crippen molar-refractivity contribution in [1.29, 1.82) is 0 Å². The van der Waals surface area contributed by atoms with Gasteiger partial charge >= 0.3 is 5.97 Å². The van der Waals surface area contributed by atoms with Crippen molar-refractivity contribution in [2.75, 3.05) is 0 Å². The van der Waals surface area contributed by atoms with E-state index in [2.05, 4.69) is 11.4 Å². The SMILES string of the molecule is CC(C)(CC(=O)NC1CCc2ccccc21)C(=O)O. The molecular formula is C15H19NO3. The highest BCUT2D eigenvalue weighted by Gasteiger charge is 2.32. The van der Waals surface area contributed by atoms with Gasteiger partial charge in [0.15, 0.2) is 0 Å². The van der Waals surface area contributed by atoms with Crippen LogP contribution in [-0.4, -0.2) is 17.0 Å². The van der Waals surface area contributed by atoms with Crippen LogP contribution in [0.15, 0.2) is 24.3 Å². The van der Waals surface area contributed by atoms with E-state index < -0.39 is 11.4 Å². The number of hydrogen-bond acceptors (Lipinski definition) is 2. The molecule has 0 aromatic heterocycles. The Labute approximate surface area is 112 Å². The number of fused-ring (bicyclic) bond motifs is 1. The molecule has 19 heavy (non-hydrogen) atoms. The number of rotatable bonds is 4. The number of carboxylic acid groups (broad SMARTS) is 1. The molecule has 4 heteroatoms. The summed E-state index contributed by atoms with van der Waals surface area (Å²) in [5, 5.41) is 12.0. The van der Waals surface area contributed by atoms with Gasteiger partial charge in [-0.05, 0) is 37.8 Å². The van der Waals surface area contributed by atoms with Crippen LogP contribution in [0.1, 0.15) is 43.9 Å². The largest absolute Gasteiger partial charge is 0.481 e. The van der Waals surface area contributed by atoms with Gasteiger partial charge in [0.2, 0.25) is 5.91 Å². The number of aliphatic carboxylic acids is 1. The van der Waals surface area contributed by atoms with E-state index in [1.54, 1.807) is 13.8 Å². The third-order valence-electron chi connectivity index (χ3n) is 3.65. The van der Waals surface area contributed by atoms with Gasteiger partial charge in [0.1, 0.15) is 0 Å². The minimum atomic E-state index is -1.03. The zero-order valence-electron chi connectivity index (χ0n) is 11.3. The number of hydrogen-bond donors (Lipinski definition) is 2. The monoisotopic (exact) mass is 261 g/mol. The van der Waals surface area contributed by atoms with E-state index in [1.165, 1.54) is 5.56 Å². The molecule has 0 bridgehead atoms. The molecule has 0 fully saturated rings. The summed E-state index contributed by atoms with van der Waals surface area (Å²) < 4.78 is 0. The Hall–Kier alpha value is -1.84. The molecule has 1 aromatic rings. The molecule has 1 aliphatic rings. The second kappa shape index (κ2) is 5.03. The first kappa shape index (κ1) is 13.6. The van der Waals surface area contributed by atoms with Crippen molar-refractivity contribution in [2.24, 2.45) is 5.41 Å². The molecule has 1 unspecified atom stereocenters. The topological polar surface area (TPSA) is 66.4 Å². The zero-order valence-corrected chi connectivity index (χ0v) is 11.3. The Bertz CT molecular complexity index is 508. The van der Waals surface area contributed by atoms with Gasteiger partial charge in [-0.2, -0.15) is 0 Å². The summed E-state index contributed by atoms with van der Waals surface area (Å²) in [7, 11) is 0. The molecule has 0 radical (unpaired) electrons. The van der Waals surface area contributed by atoms with Gasteiger partial charge < -0.3 is 10.4 Å². The Morgan fingerprint density at radius 3 is 2.74 bits per heavy atom. The number of carboxylic acids is 1. The molecule has 0 saturated heterocycles. The van der Waals surface area contributed by atoms with Gasteiger partial charge in [0.05, 0.1) is 11.5 Å². The standard InChI is InChI=1S/C15H19NO3/c1-15(2,14(18)19)9-13(17)16-12-8-7-10-5-3-4-6-11(10)12/h3-6,12H,7-9H2,1-2H3,(H,16,17)(H,18,19). The maximum Gasteiger partial charge on any atom is 0.309 e. The quantitative estimate of drug-likeness (QED) is 0.874. The summed E-state index contributed by atoms with van der Waals surface area (Å²) in [4.78, 5) is 23.0. The van der Waals surface area contributed by atoms with Gasteiger partial charge in [0.25, 0.3) is 0 Å². The van der Waals surface area contributed by atoms with Gasteiger partial charge in [-0.3, -0.25) is 9.59 Å². The van der Waals surface area contributed by atoms with E-state index in [9.17, 15) is 9.59 Å². The van der Waals surface area contributed by atoms with Crippen molar-refractivity contribution in [1.82, 2.24) is 5.32 Å². The molecule has 1 atom stereocenters. The molecule has 0 aliphatic heterocycles. The van der Waals surface area contributed by atoms with Crippen LogP contribution < -0.4 is 5.32 Å². The molecule has 1 aromatic carbocycles. The average molecular weight is 261 g/mol. The van der Waals surface area contributed by atoms with E-state index in [-0.39, 0.29) is 18.4 Å². The highest BCUT2D eigenvalue weighted by atomic mass is 16.4. The fourth-order valence-electron chi connectivity index (χ4n) is 2.43. The lowest BCUT2D eigenvalue weighted by atomic mass is 9.89. The highest BCUT2D eigenvalue weighted by Crippen LogP contribution is 2.31. The minimum Gasteiger partial charge on any atom is -0.481 e. The van der Waals surface area contributed by atoms with Crippen molar-refractivity contribution >= 4 is 11.9 Å². The Morgan fingerprint density at radius 1 is 1.37 bits per heavy atom. The molecule has 0 spiro atoms. The summed E-state index contributed by atoms with van der Waals surface area (Å²) in [5.74, 6) is -1.15. The minimum absolute atomic E-state index is 0.000992. The molecule has 1 amide bonds. The Kier molecular flexibility index (Phi) is 3.60. The fraction of sp³-hybridized carbons (Fsp3) is 0.467. The Morgan fingerprint density at radius 2 is 2.05 bits per heavy atom. The van der Waals surface area contributed by atoms with Gasteiger partial charge in [-0.25, -0.2) is 0 Å². The maximum atomic E-state index is 12.0. The fourth-order valence-corrected chi connectivity index (χ4v) is 2.43. The summed E-state index contributed by atoms with van der Waals surface area (Å²) in [6.45, 7) is 3.13. The predicted octanol–water partition coefficient (Wildman–Crippen LogP) is 2.29. The van der Waals surface area contributed by atoms with Crippen LogP contribution in [0, 0.1) is 5.41 Å². The van der Waals surface area contributed by atoms with Crippen molar-refractivity contribution in [3.63, 3.8) is 0 Å². The molecule has 2 N–H and O–H groups in total. The van der Waals surface area contributed by atoms with Gasteiger partial charge in [-0.15, -0.1) is 0 Å². The van der Waals surface area contributed by atoms with Crippen LogP contribution in [0.2, 0.25) is 0 Å². The van der Waals surface area contributed by atoms with Crippen molar-refractivity contribution in [2.45, 2.75) is 39.2 Å². The number of aryl methyl sites for hydroxylation is 1. The van der Waals surface area contributed by atoms with Crippen LogP contribution >= 0.6 is 0 Å². The second-order valence-corrected chi connectivity index (χ2v) is 5.72. The van der Waals surface area contributed by atoms with Crippen LogP contribution in [0.3, 0.4) is 0 Å². The van der Waals surface area contributed by atoms with E-state index in [0.717, 1.165) is 18.4 Å². The first-order valence-electron chi connectivity index (χ1n) is 6.51. The molecular weight excluding hydrogens is 242 g/mol. The number of benzene rings is 1. The first-order valence-corrected chi connectivity index (χ1v) is 6.51. The lowest BCUT2D eigenvalue weighted by Gasteiger charge is -2.20. The van der Waals surface area contributed by atoms with E-state index in [0.29, 0.717) is 0 Å². The predicted molar refractivity (Wildman–Crippen MR) is 71.7 cm³/mol. The summed E-state index contributed by atoms with van der Waals surface area (Å²) in [6.07, 6.45) is 1.85. The second-order valence-electron chi connectivity index (χ2n) is 5.72. The third-order valence-corrected chi connectivity index (χ3v) is 3.65. The van der Waals surface area contributed by atoms with E-state index in [4.69, 9.17) is 5.11 Å². The molecule has 0 heterocycles. The number of amides is 1. The summed E-state index contributed by atoms with van der Waals surface area (Å²) in [5.41, 5.74) is 1.40. The molecule has 4 nitrogen and oxygen atoms in total. The summed E-state index contributed by atoms with van der Waals surface area (Å²) >= 11 is 0. The summed E-state index contributed by atoms with van der Waals surface area (Å²) in [6, 6.07) is 8.08. The van der Waals surface area contributed by atoms with Crippen molar-refractivity contribution in [3.05, 3.63) is 35.4 Å². The smallest absolute Gasteiger partial charge is 0.309 e. The van der Waals surface area contributed by atoms with Crippen LogP contribution in [0.25, 0.3) is 0 Å². The lowest BCUT2D eigenvalue weighted by Crippen LogP contribution is -2.34. The number of carbonyl (C=O) groups is 2. The van der Waals surface area contributed by atoms with E-state index >= 15 is 0 Å². The average Bonchev–Trinajstić information content (AvgIpc) is 2.72. The van der Waals surface area contributed by atoms with Crippen LogP contribution in [-0.2, 0) is 16.0 Å².